The highest BCUT2D eigenvalue weighted by atomic mass is 32.1. The standard InChI is InChI=1S/C27H30FN3O3S/c1-17(2)18-10-12-21(13-11-18)34-15-25-29-24(16-35-25)27(33)31-23-9-4-3-8-22(23)30-26(32)19-6-5-7-20(28)14-19/h5-7,10-14,16-17,22-23H,3-4,8-9,15H2,1-2H3,(H,30,32)(H,31,33)/t22-,23+/m1/s1. The second-order valence-corrected chi connectivity index (χ2v) is 10.0. The van der Waals surface area contributed by atoms with E-state index in [-0.39, 0.29) is 36.1 Å². The summed E-state index contributed by atoms with van der Waals surface area (Å²) in [7, 11) is 0. The minimum atomic E-state index is -0.456. The first-order valence-electron chi connectivity index (χ1n) is 11.9. The highest BCUT2D eigenvalue weighted by molar-refractivity contribution is 7.09. The van der Waals surface area contributed by atoms with E-state index in [0.717, 1.165) is 31.4 Å². The van der Waals surface area contributed by atoms with Gasteiger partial charge in [-0.1, -0.05) is 44.9 Å². The molecule has 1 fully saturated rings. The maximum atomic E-state index is 13.5. The first-order valence-corrected chi connectivity index (χ1v) is 12.8. The van der Waals surface area contributed by atoms with Gasteiger partial charge in [-0.3, -0.25) is 9.59 Å². The van der Waals surface area contributed by atoms with E-state index in [9.17, 15) is 14.0 Å². The Balaban J connectivity index is 1.32. The molecule has 8 heteroatoms. The van der Waals surface area contributed by atoms with Crippen LogP contribution in [0.2, 0.25) is 0 Å². The SMILES string of the molecule is CC(C)c1ccc(OCc2nc(C(=O)N[C@H]3CCCC[C@H]3NC(=O)c3cccc(F)c3)cs2)cc1. The molecular weight excluding hydrogens is 465 g/mol. The van der Waals surface area contributed by atoms with Gasteiger partial charge in [-0.25, -0.2) is 9.37 Å². The molecule has 0 radical (unpaired) electrons. The maximum Gasteiger partial charge on any atom is 0.271 e. The van der Waals surface area contributed by atoms with E-state index in [2.05, 4.69) is 29.5 Å². The van der Waals surface area contributed by atoms with Crippen molar-refractivity contribution >= 4 is 23.2 Å². The molecule has 2 amide bonds. The Morgan fingerprint density at radius 1 is 1.06 bits per heavy atom. The smallest absolute Gasteiger partial charge is 0.271 e. The number of halogens is 1. The largest absolute Gasteiger partial charge is 0.486 e. The van der Waals surface area contributed by atoms with Gasteiger partial charge in [-0.05, 0) is 54.7 Å². The molecule has 1 heterocycles. The lowest BCUT2D eigenvalue weighted by atomic mass is 9.90. The third-order valence-electron chi connectivity index (χ3n) is 6.18. The number of carbonyl (C=O) groups is 2. The van der Waals surface area contributed by atoms with Gasteiger partial charge in [0.2, 0.25) is 0 Å². The van der Waals surface area contributed by atoms with Crippen LogP contribution in [0, 0.1) is 5.82 Å². The Bertz CT molecular complexity index is 1160. The predicted molar refractivity (Wildman–Crippen MR) is 134 cm³/mol. The lowest BCUT2D eigenvalue weighted by Gasteiger charge is -2.32. The van der Waals surface area contributed by atoms with Gasteiger partial charge < -0.3 is 15.4 Å². The number of rotatable bonds is 8. The summed E-state index contributed by atoms with van der Waals surface area (Å²) in [6, 6.07) is 13.1. The predicted octanol–water partition coefficient (Wildman–Crippen LogP) is 5.46. The Kier molecular flexibility index (Phi) is 8.13. The normalized spacial score (nSPS) is 17.7. The van der Waals surface area contributed by atoms with E-state index >= 15 is 0 Å². The Morgan fingerprint density at radius 3 is 2.40 bits per heavy atom. The van der Waals surface area contributed by atoms with E-state index in [1.165, 1.54) is 35.1 Å². The van der Waals surface area contributed by atoms with Gasteiger partial charge in [-0.15, -0.1) is 11.3 Å². The van der Waals surface area contributed by atoms with Crippen molar-refractivity contribution in [3.8, 4) is 5.75 Å². The molecule has 3 aromatic rings. The van der Waals surface area contributed by atoms with Crippen LogP contribution in [0.5, 0.6) is 5.75 Å². The first-order chi connectivity index (χ1) is 16.9. The van der Waals surface area contributed by atoms with E-state index in [1.54, 1.807) is 11.4 Å². The second kappa shape index (κ2) is 11.4. The van der Waals surface area contributed by atoms with Crippen molar-refractivity contribution in [2.75, 3.05) is 0 Å². The number of nitrogens with zero attached hydrogens (tertiary/aromatic N) is 1. The molecule has 4 rings (SSSR count). The summed E-state index contributed by atoms with van der Waals surface area (Å²) in [5.74, 6) is 0.148. The number of thiazole rings is 1. The summed E-state index contributed by atoms with van der Waals surface area (Å²) in [4.78, 5) is 29.9. The minimum Gasteiger partial charge on any atom is -0.486 e. The third-order valence-corrected chi connectivity index (χ3v) is 7.00. The molecule has 0 saturated heterocycles. The zero-order valence-electron chi connectivity index (χ0n) is 19.9. The molecule has 1 saturated carbocycles. The summed E-state index contributed by atoms with van der Waals surface area (Å²) in [5.41, 5.74) is 1.85. The van der Waals surface area contributed by atoms with Gasteiger partial charge in [0.25, 0.3) is 11.8 Å². The number of carbonyl (C=O) groups excluding carboxylic acids is 2. The number of hydrogen-bond donors (Lipinski definition) is 2. The van der Waals surface area contributed by atoms with Crippen LogP contribution < -0.4 is 15.4 Å². The fourth-order valence-electron chi connectivity index (χ4n) is 4.18. The second-order valence-electron chi connectivity index (χ2n) is 9.09. The number of hydrogen-bond acceptors (Lipinski definition) is 5. The van der Waals surface area contributed by atoms with E-state index < -0.39 is 5.82 Å². The van der Waals surface area contributed by atoms with Crippen molar-refractivity contribution < 1.29 is 18.7 Å². The molecule has 0 aliphatic heterocycles. The Hall–Kier alpha value is -3.26. The maximum absolute atomic E-state index is 13.5. The molecule has 1 aliphatic carbocycles. The zero-order valence-corrected chi connectivity index (χ0v) is 20.7. The van der Waals surface area contributed by atoms with Gasteiger partial charge >= 0.3 is 0 Å². The summed E-state index contributed by atoms with van der Waals surface area (Å²) in [5, 5.41) is 8.43. The number of benzene rings is 2. The van der Waals surface area contributed by atoms with Crippen molar-refractivity contribution in [3.05, 3.63) is 81.6 Å². The minimum absolute atomic E-state index is 0.213. The van der Waals surface area contributed by atoms with Crippen molar-refractivity contribution in [1.82, 2.24) is 15.6 Å². The van der Waals surface area contributed by atoms with Gasteiger partial charge in [-0.2, -0.15) is 0 Å². The number of amides is 2. The van der Waals surface area contributed by atoms with E-state index in [4.69, 9.17) is 4.74 Å². The number of aromatic nitrogens is 1. The highest BCUT2D eigenvalue weighted by Crippen LogP contribution is 2.22. The zero-order chi connectivity index (χ0) is 24.8. The van der Waals surface area contributed by atoms with E-state index in [0.29, 0.717) is 16.6 Å². The van der Waals surface area contributed by atoms with Crippen LogP contribution in [0.15, 0.2) is 53.9 Å². The molecule has 184 valence electrons. The summed E-state index contributed by atoms with van der Waals surface area (Å²) >= 11 is 1.38. The number of ether oxygens (including phenoxy) is 1. The molecule has 2 N–H and O–H groups in total. The molecule has 2 atom stereocenters. The van der Waals surface area contributed by atoms with Crippen LogP contribution in [0.25, 0.3) is 0 Å². The van der Waals surface area contributed by atoms with Crippen LogP contribution >= 0.6 is 11.3 Å². The van der Waals surface area contributed by atoms with E-state index in [1.807, 2.05) is 24.3 Å². The van der Waals surface area contributed by atoms with Gasteiger partial charge in [0.1, 0.15) is 28.9 Å². The molecule has 35 heavy (non-hydrogen) atoms. The number of nitrogens with one attached hydrogen (secondary N) is 2. The lowest BCUT2D eigenvalue weighted by molar-refractivity contribution is 0.0860. The first kappa shape index (κ1) is 24.9. The van der Waals surface area contributed by atoms with Crippen molar-refractivity contribution in [3.63, 3.8) is 0 Å². The molecule has 0 unspecified atom stereocenters. The average Bonchev–Trinajstić information content (AvgIpc) is 3.33. The highest BCUT2D eigenvalue weighted by Gasteiger charge is 2.29. The van der Waals surface area contributed by atoms with Crippen LogP contribution in [0.4, 0.5) is 4.39 Å². The molecule has 0 bridgehead atoms. The lowest BCUT2D eigenvalue weighted by Crippen LogP contribution is -2.53. The monoisotopic (exact) mass is 495 g/mol. The summed E-state index contributed by atoms with van der Waals surface area (Å²) in [6.45, 7) is 4.58. The summed E-state index contributed by atoms with van der Waals surface area (Å²) in [6.07, 6.45) is 3.42. The quantitative estimate of drug-likeness (QED) is 0.435. The molecule has 6 nitrogen and oxygen atoms in total. The third kappa shape index (κ3) is 6.66. The summed E-state index contributed by atoms with van der Waals surface area (Å²) < 4.78 is 19.3. The van der Waals surface area contributed by atoms with Gasteiger partial charge in [0, 0.05) is 23.0 Å². The van der Waals surface area contributed by atoms with Crippen molar-refractivity contribution in [2.24, 2.45) is 0 Å². The fourth-order valence-corrected chi connectivity index (χ4v) is 4.86. The molecule has 2 aromatic carbocycles. The Labute approximate surface area is 208 Å². The molecule has 1 aromatic heterocycles. The molecule has 1 aliphatic rings. The fraction of sp³-hybridized carbons (Fsp3) is 0.370. The van der Waals surface area contributed by atoms with Crippen molar-refractivity contribution in [1.29, 1.82) is 0 Å². The van der Waals surface area contributed by atoms with Crippen LogP contribution in [0.3, 0.4) is 0 Å². The average molecular weight is 496 g/mol. The van der Waals surface area contributed by atoms with Gasteiger partial charge in [0.15, 0.2) is 0 Å². The van der Waals surface area contributed by atoms with Crippen LogP contribution in [0.1, 0.15) is 76.9 Å². The Morgan fingerprint density at radius 2 is 1.74 bits per heavy atom. The molecular formula is C27H30FN3O3S. The van der Waals surface area contributed by atoms with Crippen LogP contribution in [-0.4, -0.2) is 28.9 Å². The van der Waals surface area contributed by atoms with Gasteiger partial charge in [0.05, 0.1) is 0 Å². The topological polar surface area (TPSA) is 80.3 Å². The molecule has 0 spiro atoms. The van der Waals surface area contributed by atoms with Crippen molar-refractivity contribution in [2.45, 2.75) is 64.1 Å². The van der Waals surface area contributed by atoms with Crippen LogP contribution in [-0.2, 0) is 6.61 Å².